The molecule has 0 spiro atoms. The highest BCUT2D eigenvalue weighted by Gasteiger charge is 2.13. The van der Waals surface area contributed by atoms with Crippen molar-refractivity contribution in [3.8, 4) is 17.1 Å². The first kappa shape index (κ1) is 20.4. The van der Waals surface area contributed by atoms with Gasteiger partial charge in [0.15, 0.2) is 11.0 Å². The summed E-state index contributed by atoms with van der Waals surface area (Å²) in [5.74, 6) is 3.07. The van der Waals surface area contributed by atoms with Crippen LogP contribution in [0.2, 0.25) is 5.02 Å². The number of thioether (sulfide) groups is 1. The van der Waals surface area contributed by atoms with Crippen LogP contribution in [-0.4, -0.2) is 24.9 Å². The normalized spacial score (nSPS) is 11.0. The van der Waals surface area contributed by atoms with Crippen LogP contribution in [0, 0.1) is 0 Å². The summed E-state index contributed by atoms with van der Waals surface area (Å²) in [5, 5.41) is 13.9. The molecule has 4 aromatic rings. The zero-order chi connectivity index (χ0) is 20.9. The Morgan fingerprint density at radius 3 is 2.57 bits per heavy atom. The summed E-state index contributed by atoms with van der Waals surface area (Å²) in [4.78, 5) is 4.48. The van der Waals surface area contributed by atoms with Crippen LogP contribution in [-0.2, 0) is 25.8 Å². The van der Waals surface area contributed by atoms with Gasteiger partial charge >= 0.3 is 0 Å². The number of rotatable bonds is 8. The van der Waals surface area contributed by atoms with E-state index < -0.39 is 0 Å². The maximum atomic E-state index is 5.89. The Morgan fingerprint density at radius 1 is 1.07 bits per heavy atom. The first-order valence-electron chi connectivity index (χ1n) is 9.43. The summed E-state index contributed by atoms with van der Waals surface area (Å²) in [7, 11) is 1.90. The van der Waals surface area contributed by atoms with Gasteiger partial charge in [0.2, 0.25) is 11.7 Å². The molecule has 0 aliphatic rings. The highest BCUT2D eigenvalue weighted by molar-refractivity contribution is 7.98. The lowest BCUT2D eigenvalue weighted by Gasteiger charge is -2.06. The Bertz CT molecular complexity index is 1110. The maximum Gasteiger partial charge on any atom is 0.237 e. The van der Waals surface area contributed by atoms with Crippen LogP contribution in [0.4, 0.5) is 0 Å². The fraction of sp³-hybridized carbons (Fsp3) is 0.238. The molecule has 0 fully saturated rings. The van der Waals surface area contributed by atoms with Crippen molar-refractivity contribution in [2.45, 2.75) is 30.9 Å². The molecule has 0 N–H and O–H groups in total. The molecular formula is C21H20ClN5O2S. The van der Waals surface area contributed by atoms with E-state index in [1.165, 1.54) is 17.3 Å². The molecule has 7 nitrogen and oxygen atoms in total. The van der Waals surface area contributed by atoms with Crippen molar-refractivity contribution in [3.63, 3.8) is 0 Å². The van der Waals surface area contributed by atoms with Crippen LogP contribution in [0.1, 0.15) is 24.2 Å². The highest BCUT2D eigenvalue weighted by Crippen LogP contribution is 2.23. The molecule has 4 rings (SSSR count). The van der Waals surface area contributed by atoms with Crippen molar-refractivity contribution >= 4 is 23.4 Å². The van der Waals surface area contributed by atoms with Gasteiger partial charge in [0.25, 0.3) is 0 Å². The van der Waals surface area contributed by atoms with E-state index in [9.17, 15) is 0 Å². The van der Waals surface area contributed by atoms with Crippen LogP contribution in [0.25, 0.3) is 11.4 Å². The van der Waals surface area contributed by atoms with Gasteiger partial charge in [-0.05, 0) is 36.2 Å². The Morgan fingerprint density at radius 2 is 1.83 bits per heavy atom. The minimum absolute atomic E-state index is 0.310. The molecule has 30 heavy (non-hydrogen) atoms. The lowest BCUT2D eigenvalue weighted by atomic mass is 10.1. The van der Waals surface area contributed by atoms with Crippen LogP contribution >= 0.6 is 23.4 Å². The first-order chi connectivity index (χ1) is 14.6. The van der Waals surface area contributed by atoms with Gasteiger partial charge in [-0.1, -0.05) is 59.7 Å². The van der Waals surface area contributed by atoms with Crippen LogP contribution < -0.4 is 4.74 Å². The third-order valence-electron chi connectivity index (χ3n) is 4.52. The molecule has 0 saturated carbocycles. The van der Waals surface area contributed by atoms with Crippen molar-refractivity contribution in [2.24, 2.45) is 7.05 Å². The molecule has 0 saturated heterocycles. The fourth-order valence-electron chi connectivity index (χ4n) is 2.72. The lowest BCUT2D eigenvalue weighted by Crippen LogP contribution is -2.04. The number of benzene rings is 2. The topological polar surface area (TPSA) is 78.9 Å². The van der Waals surface area contributed by atoms with Gasteiger partial charge in [0.1, 0.15) is 12.4 Å². The predicted molar refractivity (Wildman–Crippen MR) is 115 cm³/mol. The summed E-state index contributed by atoms with van der Waals surface area (Å²) in [6, 6.07) is 15.4. The number of halogens is 1. The van der Waals surface area contributed by atoms with Gasteiger partial charge in [0, 0.05) is 17.6 Å². The molecule has 0 bridgehead atoms. The number of nitrogens with zero attached hydrogens (tertiary/aromatic N) is 5. The van der Waals surface area contributed by atoms with Gasteiger partial charge in [-0.25, -0.2) is 0 Å². The third kappa shape index (κ3) is 4.83. The number of hydrogen-bond acceptors (Lipinski definition) is 7. The number of hydrogen-bond donors (Lipinski definition) is 0. The second-order valence-electron chi connectivity index (χ2n) is 6.55. The van der Waals surface area contributed by atoms with Gasteiger partial charge in [0.05, 0.1) is 5.75 Å². The average molecular weight is 442 g/mol. The van der Waals surface area contributed by atoms with Crippen molar-refractivity contribution < 1.29 is 9.26 Å². The van der Waals surface area contributed by atoms with Gasteiger partial charge in [-0.3, -0.25) is 0 Å². The average Bonchev–Trinajstić information content (AvgIpc) is 3.39. The monoisotopic (exact) mass is 441 g/mol. The molecule has 2 aromatic heterocycles. The Labute approximate surface area is 183 Å². The number of aromatic nitrogens is 5. The van der Waals surface area contributed by atoms with Crippen molar-refractivity contribution in [2.75, 3.05) is 0 Å². The number of aryl methyl sites for hydroxylation is 1. The molecular weight excluding hydrogens is 422 g/mol. The van der Waals surface area contributed by atoms with Gasteiger partial charge in [-0.2, -0.15) is 4.98 Å². The molecule has 0 radical (unpaired) electrons. The predicted octanol–water partition coefficient (Wildman–Crippen LogP) is 4.95. The molecule has 2 heterocycles. The third-order valence-corrected chi connectivity index (χ3v) is 5.78. The smallest absolute Gasteiger partial charge is 0.237 e. The molecule has 0 atom stereocenters. The summed E-state index contributed by atoms with van der Waals surface area (Å²) >= 11 is 7.37. The van der Waals surface area contributed by atoms with Gasteiger partial charge < -0.3 is 13.8 Å². The molecule has 9 heteroatoms. The molecule has 154 valence electrons. The Kier molecular flexibility index (Phi) is 6.35. The SMILES string of the molecule is CCc1ccc(-c2noc(CSc3nnc(COc4ccc(Cl)cc4)n3C)n2)cc1. The minimum atomic E-state index is 0.310. The van der Waals surface area contributed by atoms with Crippen molar-refractivity contribution in [1.82, 2.24) is 24.9 Å². The zero-order valence-corrected chi connectivity index (χ0v) is 18.2. The first-order valence-corrected chi connectivity index (χ1v) is 10.8. The zero-order valence-electron chi connectivity index (χ0n) is 16.6. The second kappa shape index (κ2) is 9.32. The lowest BCUT2D eigenvalue weighted by molar-refractivity contribution is 0.290. The van der Waals surface area contributed by atoms with E-state index in [4.69, 9.17) is 20.9 Å². The van der Waals surface area contributed by atoms with E-state index >= 15 is 0 Å². The summed E-state index contributed by atoms with van der Waals surface area (Å²) in [5.41, 5.74) is 2.21. The minimum Gasteiger partial charge on any atom is -0.486 e. The maximum absolute atomic E-state index is 5.89. The van der Waals surface area contributed by atoms with Crippen LogP contribution in [0.3, 0.4) is 0 Å². The van der Waals surface area contributed by atoms with E-state index in [0.717, 1.165) is 28.7 Å². The van der Waals surface area contributed by atoms with Crippen LogP contribution in [0.15, 0.2) is 58.2 Å². The quantitative estimate of drug-likeness (QED) is 0.358. The molecule has 0 aliphatic heterocycles. The molecule has 0 aliphatic carbocycles. The summed E-state index contributed by atoms with van der Waals surface area (Å²) < 4.78 is 13.0. The van der Waals surface area contributed by atoms with E-state index in [1.807, 2.05) is 35.9 Å². The number of ether oxygens (including phenoxy) is 1. The van der Waals surface area contributed by atoms with E-state index in [1.54, 1.807) is 12.1 Å². The second-order valence-corrected chi connectivity index (χ2v) is 7.93. The standard InChI is InChI=1S/C21H20ClN5O2S/c1-3-14-4-6-15(7-5-14)20-23-19(29-26-20)13-30-21-25-24-18(27(21)2)12-28-17-10-8-16(22)9-11-17/h4-11H,3,12-13H2,1-2H3. The Hall–Kier alpha value is -2.84. The summed E-state index contributed by atoms with van der Waals surface area (Å²) in [6.07, 6.45) is 0.999. The molecule has 2 aromatic carbocycles. The van der Waals surface area contributed by atoms with Crippen molar-refractivity contribution in [1.29, 1.82) is 0 Å². The van der Waals surface area contributed by atoms with E-state index in [2.05, 4.69) is 39.4 Å². The fourth-order valence-corrected chi connectivity index (χ4v) is 3.62. The summed E-state index contributed by atoms with van der Waals surface area (Å²) in [6.45, 7) is 2.44. The largest absolute Gasteiger partial charge is 0.486 e. The van der Waals surface area contributed by atoms with E-state index in [0.29, 0.717) is 29.1 Å². The van der Waals surface area contributed by atoms with Crippen LogP contribution in [0.5, 0.6) is 5.75 Å². The highest BCUT2D eigenvalue weighted by atomic mass is 35.5. The Balaban J connectivity index is 1.35. The molecule has 0 unspecified atom stereocenters. The molecule has 0 amide bonds. The van der Waals surface area contributed by atoms with E-state index in [-0.39, 0.29) is 0 Å². The van der Waals surface area contributed by atoms with Crippen molar-refractivity contribution in [3.05, 3.63) is 70.8 Å². The van der Waals surface area contributed by atoms with Gasteiger partial charge in [-0.15, -0.1) is 10.2 Å².